The van der Waals surface area contributed by atoms with Gasteiger partial charge in [0.15, 0.2) is 11.5 Å². The van der Waals surface area contributed by atoms with E-state index in [4.69, 9.17) is 0 Å². The van der Waals surface area contributed by atoms with E-state index in [-0.39, 0.29) is 0 Å². The first-order valence-corrected chi connectivity index (χ1v) is 3.14. The minimum Gasteiger partial charge on any atom is -0.291 e. The van der Waals surface area contributed by atoms with Crippen molar-refractivity contribution in [3.8, 4) is 0 Å². The van der Waals surface area contributed by atoms with Crippen LogP contribution in [-0.2, 0) is 4.79 Å². The molecule has 0 bridgehead atoms. The second-order valence-electron chi connectivity index (χ2n) is 2.61. The van der Waals surface area contributed by atoms with Gasteiger partial charge in [-0.2, -0.15) is 0 Å². The Morgan fingerprint density at radius 1 is 1.60 bits per heavy atom. The predicted octanol–water partition coefficient (Wildman–Crippen LogP) is 1.80. The molecule has 1 unspecified atom stereocenters. The Hall–Kier alpha value is -0.920. The summed E-state index contributed by atoms with van der Waals surface area (Å²) in [7, 11) is 0. The van der Waals surface area contributed by atoms with Gasteiger partial charge in [-0.15, -0.1) is 0 Å². The van der Waals surface area contributed by atoms with Gasteiger partial charge in [-0.3, -0.25) is 4.79 Å². The first kappa shape index (κ1) is 7.19. The summed E-state index contributed by atoms with van der Waals surface area (Å²) in [6, 6.07) is 0. The molecule has 0 radical (unpaired) electrons. The van der Waals surface area contributed by atoms with Crippen molar-refractivity contribution < 1.29 is 9.18 Å². The molecule has 0 N–H and O–H groups in total. The second kappa shape index (κ2) is 2.04. The van der Waals surface area contributed by atoms with Crippen molar-refractivity contribution >= 4 is 5.78 Å². The maximum absolute atomic E-state index is 13.0. The van der Waals surface area contributed by atoms with Crippen LogP contribution in [0.25, 0.3) is 0 Å². The van der Waals surface area contributed by atoms with Gasteiger partial charge in [0.2, 0.25) is 0 Å². The van der Waals surface area contributed by atoms with Crippen molar-refractivity contribution in [1.82, 2.24) is 0 Å². The van der Waals surface area contributed by atoms with Gasteiger partial charge in [-0.25, -0.2) is 4.39 Å². The minimum absolute atomic E-state index is 0.435. The number of hydrogen-bond donors (Lipinski definition) is 0. The van der Waals surface area contributed by atoms with E-state index in [0.29, 0.717) is 5.57 Å². The molecule has 0 aromatic rings. The average molecular weight is 140 g/mol. The molecule has 2 heteroatoms. The van der Waals surface area contributed by atoms with Gasteiger partial charge in [-0.05, 0) is 25.5 Å². The number of Topliss-reactive ketones (excluding diaryl/α,β-unsaturated/α-hetero) is 1. The van der Waals surface area contributed by atoms with Crippen LogP contribution in [0.4, 0.5) is 4.39 Å². The fourth-order valence-corrected chi connectivity index (χ4v) is 0.910. The second-order valence-corrected chi connectivity index (χ2v) is 2.61. The first-order valence-electron chi connectivity index (χ1n) is 3.14. The molecular formula is C8H9FO. The van der Waals surface area contributed by atoms with Gasteiger partial charge in [-0.1, -0.05) is 12.2 Å². The van der Waals surface area contributed by atoms with Crippen LogP contribution in [0.3, 0.4) is 0 Å². The Morgan fingerprint density at radius 3 is 2.60 bits per heavy atom. The number of ketones is 1. The van der Waals surface area contributed by atoms with Crippen molar-refractivity contribution in [3.05, 3.63) is 23.8 Å². The third kappa shape index (κ3) is 1.01. The zero-order chi connectivity index (χ0) is 7.78. The van der Waals surface area contributed by atoms with Crippen LogP contribution in [0, 0.1) is 0 Å². The normalized spacial score (nSPS) is 32.3. The van der Waals surface area contributed by atoms with Crippen LogP contribution in [0.15, 0.2) is 23.8 Å². The first-order chi connectivity index (χ1) is 4.54. The van der Waals surface area contributed by atoms with E-state index in [1.54, 1.807) is 19.1 Å². The van der Waals surface area contributed by atoms with Crippen molar-refractivity contribution in [2.45, 2.75) is 19.5 Å². The summed E-state index contributed by atoms with van der Waals surface area (Å²) in [6.45, 7) is 2.88. The van der Waals surface area contributed by atoms with Gasteiger partial charge in [0, 0.05) is 0 Å². The third-order valence-corrected chi connectivity index (χ3v) is 1.56. The number of halogens is 1. The molecule has 54 valence electrons. The molecule has 1 atom stereocenters. The number of hydrogen-bond acceptors (Lipinski definition) is 1. The van der Waals surface area contributed by atoms with Crippen LogP contribution in [0.2, 0.25) is 0 Å². The quantitative estimate of drug-likeness (QED) is 0.501. The fourth-order valence-electron chi connectivity index (χ4n) is 0.910. The Kier molecular flexibility index (Phi) is 1.47. The molecule has 1 aliphatic carbocycles. The molecule has 1 rings (SSSR count). The van der Waals surface area contributed by atoms with E-state index < -0.39 is 11.5 Å². The molecule has 0 aromatic heterocycles. The zero-order valence-electron chi connectivity index (χ0n) is 6.02. The zero-order valence-corrected chi connectivity index (χ0v) is 6.02. The highest BCUT2D eigenvalue weighted by atomic mass is 19.1. The highest BCUT2D eigenvalue weighted by molar-refractivity contribution is 6.03. The topological polar surface area (TPSA) is 17.1 Å². The molecule has 0 heterocycles. The smallest absolute Gasteiger partial charge is 0.199 e. The summed E-state index contributed by atoms with van der Waals surface area (Å²) in [5, 5.41) is 0. The number of alkyl halides is 1. The standard InChI is InChI=1S/C8H9FO/c1-6-4-3-5-8(2,9)7(6)10/h3-5H,1-2H3. The summed E-state index contributed by atoms with van der Waals surface area (Å²) in [6.07, 6.45) is 4.45. The minimum atomic E-state index is -1.78. The Labute approximate surface area is 59.2 Å². The SMILES string of the molecule is CC1=CC=CC(C)(F)C1=O. The van der Waals surface area contributed by atoms with Crippen molar-refractivity contribution in [2.24, 2.45) is 0 Å². The number of carbonyl (C=O) groups excluding carboxylic acids is 1. The lowest BCUT2D eigenvalue weighted by Crippen LogP contribution is -2.29. The lowest BCUT2D eigenvalue weighted by atomic mass is 9.93. The van der Waals surface area contributed by atoms with Crippen molar-refractivity contribution in [2.75, 3.05) is 0 Å². The van der Waals surface area contributed by atoms with Crippen molar-refractivity contribution in [3.63, 3.8) is 0 Å². The molecule has 0 saturated heterocycles. The molecule has 0 amide bonds. The van der Waals surface area contributed by atoms with E-state index in [0.717, 1.165) is 0 Å². The van der Waals surface area contributed by atoms with E-state index in [1.807, 2.05) is 0 Å². The van der Waals surface area contributed by atoms with Gasteiger partial charge in [0.1, 0.15) is 0 Å². The summed E-state index contributed by atoms with van der Waals surface area (Å²) in [5.74, 6) is -0.435. The summed E-state index contributed by atoms with van der Waals surface area (Å²) >= 11 is 0. The van der Waals surface area contributed by atoms with E-state index >= 15 is 0 Å². The van der Waals surface area contributed by atoms with Crippen LogP contribution < -0.4 is 0 Å². The molecule has 0 saturated carbocycles. The highest BCUT2D eigenvalue weighted by Crippen LogP contribution is 2.21. The number of rotatable bonds is 0. The van der Waals surface area contributed by atoms with Crippen molar-refractivity contribution in [1.29, 1.82) is 0 Å². The average Bonchev–Trinajstić information content (AvgIpc) is 1.83. The largest absolute Gasteiger partial charge is 0.291 e. The lowest BCUT2D eigenvalue weighted by molar-refractivity contribution is -0.123. The number of carbonyl (C=O) groups is 1. The Bertz CT molecular complexity index is 223. The Morgan fingerprint density at radius 2 is 2.20 bits per heavy atom. The summed E-state index contributed by atoms with van der Waals surface area (Å²) in [4.78, 5) is 11.0. The van der Waals surface area contributed by atoms with Crippen LogP contribution >= 0.6 is 0 Å². The van der Waals surface area contributed by atoms with Gasteiger partial charge in [0.05, 0.1) is 0 Å². The fraction of sp³-hybridized carbons (Fsp3) is 0.375. The molecule has 0 spiro atoms. The number of allylic oxidation sites excluding steroid dienone is 4. The Balaban J connectivity index is 3.01. The van der Waals surface area contributed by atoms with E-state index in [9.17, 15) is 9.18 Å². The highest BCUT2D eigenvalue weighted by Gasteiger charge is 2.31. The molecule has 1 aliphatic rings. The third-order valence-electron chi connectivity index (χ3n) is 1.56. The molecule has 0 aromatic carbocycles. The van der Waals surface area contributed by atoms with E-state index in [1.165, 1.54) is 13.0 Å². The van der Waals surface area contributed by atoms with Crippen LogP contribution in [0.5, 0.6) is 0 Å². The molecule has 1 nitrogen and oxygen atoms in total. The maximum Gasteiger partial charge on any atom is 0.199 e. The summed E-state index contributed by atoms with van der Waals surface area (Å²) in [5.41, 5.74) is -1.30. The van der Waals surface area contributed by atoms with E-state index in [2.05, 4.69) is 0 Å². The monoisotopic (exact) mass is 140 g/mol. The van der Waals surface area contributed by atoms with Gasteiger partial charge >= 0.3 is 0 Å². The lowest BCUT2D eigenvalue weighted by Gasteiger charge is -2.16. The predicted molar refractivity (Wildman–Crippen MR) is 37.4 cm³/mol. The molecule has 0 aliphatic heterocycles. The van der Waals surface area contributed by atoms with Gasteiger partial charge < -0.3 is 0 Å². The van der Waals surface area contributed by atoms with Crippen LogP contribution in [-0.4, -0.2) is 11.5 Å². The molecule has 10 heavy (non-hydrogen) atoms. The summed E-state index contributed by atoms with van der Waals surface area (Å²) < 4.78 is 13.0. The van der Waals surface area contributed by atoms with Crippen LogP contribution in [0.1, 0.15) is 13.8 Å². The van der Waals surface area contributed by atoms with Gasteiger partial charge in [0.25, 0.3) is 0 Å². The molecular weight excluding hydrogens is 131 g/mol. The maximum atomic E-state index is 13.0. The molecule has 0 fully saturated rings.